The minimum Gasteiger partial charge on any atom is -0.242 e. The Kier molecular flexibility index (Phi) is 6.82. The summed E-state index contributed by atoms with van der Waals surface area (Å²) in [7, 11) is 0. The maximum Gasteiger partial charge on any atom is 0.143 e. The van der Waals surface area contributed by atoms with Crippen molar-refractivity contribution < 1.29 is 0 Å². The molecule has 10 aromatic rings. The zero-order valence-electron chi connectivity index (χ0n) is 26.6. The lowest BCUT2D eigenvalue weighted by Gasteiger charge is -2.17. The molecule has 4 nitrogen and oxygen atoms in total. The Morgan fingerprint density at radius 2 is 0.660 bits per heavy atom. The Labute approximate surface area is 296 Å². The normalized spacial score (nSPS) is 11.6. The fourth-order valence-electron chi connectivity index (χ4n) is 6.86. The molecule has 0 amide bonds. The van der Waals surface area contributed by atoms with Crippen molar-refractivity contribution in [3.63, 3.8) is 0 Å². The molecule has 0 atom stereocenters. The largest absolute Gasteiger partial charge is 0.242 e. The van der Waals surface area contributed by atoms with Crippen molar-refractivity contribution in [2.24, 2.45) is 0 Å². The van der Waals surface area contributed by atoms with Crippen molar-refractivity contribution in [3.8, 4) is 56.2 Å². The summed E-state index contributed by atoms with van der Waals surface area (Å²) in [6.45, 7) is 0. The molecular weight excluding hydrogens is 649 g/mol. The monoisotopic (exact) mass is 674 g/mol. The van der Waals surface area contributed by atoms with E-state index in [9.17, 15) is 0 Å². The molecule has 0 aliphatic carbocycles. The molecule has 0 aliphatic rings. The maximum atomic E-state index is 5.41. The quantitative estimate of drug-likeness (QED) is 0.182. The Bertz CT molecular complexity index is 2680. The van der Waals surface area contributed by atoms with Gasteiger partial charge in [0, 0.05) is 42.4 Å². The molecule has 0 saturated heterocycles. The van der Waals surface area contributed by atoms with E-state index in [1.54, 1.807) is 22.7 Å². The van der Waals surface area contributed by atoms with Crippen LogP contribution >= 0.6 is 22.7 Å². The molecule has 0 radical (unpaired) electrons. The zero-order valence-corrected chi connectivity index (χ0v) is 28.2. The van der Waals surface area contributed by atoms with Crippen molar-refractivity contribution >= 4 is 63.5 Å². The van der Waals surface area contributed by atoms with E-state index in [2.05, 4.69) is 146 Å². The molecule has 6 aromatic carbocycles. The van der Waals surface area contributed by atoms with Crippen LogP contribution in [0.15, 0.2) is 158 Å². The van der Waals surface area contributed by atoms with Crippen LogP contribution in [0.3, 0.4) is 0 Å². The summed E-state index contributed by atoms with van der Waals surface area (Å²) in [4.78, 5) is 23.4. The first-order valence-electron chi connectivity index (χ1n) is 16.5. The highest BCUT2D eigenvalue weighted by molar-refractivity contribution is 7.25. The first-order chi connectivity index (χ1) is 24.8. The molecule has 0 saturated carbocycles. The summed E-state index contributed by atoms with van der Waals surface area (Å²) in [6.07, 6.45) is 0. The second kappa shape index (κ2) is 11.8. The number of hydrogen-bond acceptors (Lipinski definition) is 6. The highest BCUT2D eigenvalue weighted by Crippen LogP contribution is 2.44. The predicted molar refractivity (Wildman–Crippen MR) is 211 cm³/mol. The summed E-state index contributed by atoms with van der Waals surface area (Å²) in [6, 6.07) is 54.7. The van der Waals surface area contributed by atoms with Crippen molar-refractivity contribution in [1.29, 1.82) is 0 Å². The van der Waals surface area contributed by atoms with Gasteiger partial charge in [0.2, 0.25) is 0 Å². The molecule has 4 heterocycles. The van der Waals surface area contributed by atoms with Gasteiger partial charge in [-0.05, 0) is 23.3 Å². The topological polar surface area (TPSA) is 51.6 Å². The third-order valence-corrected chi connectivity index (χ3v) is 11.3. The molecule has 0 bridgehead atoms. The highest BCUT2D eigenvalue weighted by Gasteiger charge is 2.23. The van der Waals surface area contributed by atoms with E-state index in [4.69, 9.17) is 19.9 Å². The molecule has 0 unspecified atom stereocenters. The summed E-state index contributed by atoms with van der Waals surface area (Å²) in [5, 5.41) is 2.26. The fraction of sp³-hybridized carbons (Fsp3) is 0. The first kappa shape index (κ1) is 28.9. The molecule has 10 rings (SSSR count). The number of fused-ring (bicyclic) bond motifs is 6. The lowest BCUT2D eigenvalue weighted by molar-refractivity contribution is 1.31. The lowest BCUT2D eigenvalue weighted by atomic mass is 9.90. The Hall–Kier alpha value is -6.08. The van der Waals surface area contributed by atoms with E-state index >= 15 is 0 Å². The molecule has 50 heavy (non-hydrogen) atoms. The second-order valence-corrected chi connectivity index (χ2v) is 14.2. The SMILES string of the molecule is c1ccc(-c2nc3c(nc2-c2ccccc2-c2ccccc2-c2nc4sc5ccccc5c4nc2-c2ccccc2)sc2ccccc23)cc1. The van der Waals surface area contributed by atoms with E-state index in [1.165, 1.54) is 9.40 Å². The van der Waals surface area contributed by atoms with Crippen LogP contribution in [-0.4, -0.2) is 19.9 Å². The van der Waals surface area contributed by atoms with Gasteiger partial charge < -0.3 is 0 Å². The van der Waals surface area contributed by atoms with E-state index in [-0.39, 0.29) is 0 Å². The van der Waals surface area contributed by atoms with Crippen molar-refractivity contribution in [1.82, 2.24) is 19.9 Å². The Morgan fingerprint density at radius 3 is 1.10 bits per heavy atom. The molecule has 0 N–H and O–H groups in total. The zero-order chi connectivity index (χ0) is 33.0. The second-order valence-electron chi connectivity index (χ2n) is 12.2. The van der Waals surface area contributed by atoms with Crippen LogP contribution in [0.2, 0.25) is 0 Å². The summed E-state index contributed by atoms with van der Waals surface area (Å²) >= 11 is 3.38. The predicted octanol–water partition coefficient (Wildman–Crippen LogP) is 12.3. The van der Waals surface area contributed by atoms with E-state index in [0.29, 0.717) is 0 Å². The average Bonchev–Trinajstić information content (AvgIpc) is 3.75. The summed E-state index contributed by atoms with van der Waals surface area (Å²) in [5.74, 6) is 0. The van der Waals surface area contributed by atoms with Crippen LogP contribution < -0.4 is 0 Å². The van der Waals surface area contributed by atoms with Crippen molar-refractivity contribution in [2.75, 3.05) is 0 Å². The number of benzene rings is 6. The summed E-state index contributed by atoms with van der Waals surface area (Å²) in [5.41, 5.74) is 11.5. The standard InChI is InChI=1S/C44H26N4S2/c1-3-15-27(16-4-1)37-39(47-43-41(45-37)33-23-11-13-25-35(33)49-43)31-21-9-7-19-29(31)30-20-8-10-22-32(30)40-38(28-17-5-2-6-18-28)46-42-34-24-12-14-26-36(34)50-44(42)48-40/h1-26H. The maximum absolute atomic E-state index is 5.41. The van der Waals surface area contributed by atoms with Crippen molar-refractivity contribution in [3.05, 3.63) is 158 Å². The highest BCUT2D eigenvalue weighted by atomic mass is 32.1. The average molecular weight is 675 g/mol. The van der Waals surface area contributed by atoms with Crippen LogP contribution in [0.25, 0.3) is 97.0 Å². The third kappa shape index (κ3) is 4.72. The van der Waals surface area contributed by atoms with E-state index in [0.717, 1.165) is 87.6 Å². The minimum absolute atomic E-state index is 0.856. The molecule has 234 valence electrons. The molecule has 0 spiro atoms. The van der Waals surface area contributed by atoms with Crippen LogP contribution in [-0.2, 0) is 0 Å². The molecule has 4 aromatic heterocycles. The van der Waals surface area contributed by atoms with Crippen LogP contribution in [0.5, 0.6) is 0 Å². The fourth-order valence-corrected chi connectivity index (χ4v) is 8.90. The smallest absolute Gasteiger partial charge is 0.143 e. The van der Waals surface area contributed by atoms with E-state index in [1.807, 2.05) is 12.1 Å². The molecule has 0 fully saturated rings. The van der Waals surface area contributed by atoms with Crippen LogP contribution in [0, 0.1) is 0 Å². The number of hydrogen-bond donors (Lipinski definition) is 0. The van der Waals surface area contributed by atoms with Gasteiger partial charge in [0.25, 0.3) is 0 Å². The molecule has 6 heteroatoms. The number of thiophene rings is 2. The van der Waals surface area contributed by atoms with Gasteiger partial charge in [-0.25, -0.2) is 19.9 Å². The van der Waals surface area contributed by atoms with E-state index < -0.39 is 0 Å². The Balaban J connectivity index is 1.24. The van der Waals surface area contributed by atoms with Gasteiger partial charge in [0.05, 0.1) is 22.8 Å². The lowest BCUT2D eigenvalue weighted by Crippen LogP contribution is -1.98. The van der Waals surface area contributed by atoms with Gasteiger partial charge in [-0.15, -0.1) is 22.7 Å². The van der Waals surface area contributed by atoms with Gasteiger partial charge in [-0.2, -0.15) is 0 Å². The summed E-state index contributed by atoms with van der Waals surface area (Å²) < 4.78 is 2.36. The number of rotatable bonds is 5. The Morgan fingerprint density at radius 1 is 0.300 bits per heavy atom. The minimum atomic E-state index is 0.856. The number of nitrogens with zero attached hydrogens (tertiary/aromatic N) is 4. The van der Waals surface area contributed by atoms with Gasteiger partial charge in [0.1, 0.15) is 20.7 Å². The van der Waals surface area contributed by atoms with Crippen molar-refractivity contribution in [2.45, 2.75) is 0 Å². The third-order valence-electron chi connectivity index (χ3n) is 9.17. The van der Waals surface area contributed by atoms with Gasteiger partial charge in [0.15, 0.2) is 0 Å². The van der Waals surface area contributed by atoms with Gasteiger partial charge in [-0.3, -0.25) is 0 Å². The molecular formula is C44H26N4S2. The van der Waals surface area contributed by atoms with Gasteiger partial charge >= 0.3 is 0 Å². The van der Waals surface area contributed by atoms with Gasteiger partial charge in [-0.1, -0.05) is 146 Å². The number of aromatic nitrogens is 4. The first-order valence-corrected chi connectivity index (χ1v) is 18.1. The van der Waals surface area contributed by atoms with Crippen LogP contribution in [0.1, 0.15) is 0 Å². The molecule has 0 aliphatic heterocycles. The van der Waals surface area contributed by atoms with Crippen LogP contribution in [0.4, 0.5) is 0 Å².